The molecule has 1 fully saturated rings. The van der Waals surface area contributed by atoms with Crippen LogP contribution in [0.4, 0.5) is 4.79 Å². The second-order valence-corrected chi connectivity index (χ2v) is 6.21. The summed E-state index contributed by atoms with van der Waals surface area (Å²) in [5, 5.41) is 11.9. The number of hydrogen-bond acceptors (Lipinski definition) is 3. The maximum atomic E-state index is 12.1. The second-order valence-electron chi connectivity index (χ2n) is 6.21. The number of nitrogens with zero attached hydrogens (tertiary/aromatic N) is 2. The van der Waals surface area contributed by atoms with E-state index in [0.29, 0.717) is 32.7 Å². The Labute approximate surface area is 121 Å². The van der Waals surface area contributed by atoms with Gasteiger partial charge in [0, 0.05) is 32.7 Å². The van der Waals surface area contributed by atoms with Gasteiger partial charge in [-0.1, -0.05) is 20.8 Å². The van der Waals surface area contributed by atoms with Gasteiger partial charge in [-0.15, -0.1) is 0 Å². The summed E-state index contributed by atoms with van der Waals surface area (Å²) in [5.74, 6) is -0.812. The largest absolute Gasteiger partial charge is 0.480 e. The number of carbonyl (C=O) groups is 2. The van der Waals surface area contributed by atoms with Crippen LogP contribution >= 0.6 is 0 Å². The monoisotopic (exact) mass is 285 g/mol. The molecule has 1 heterocycles. The van der Waals surface area contributed by atoms with Crippen molar-refractivity contribution in [1.82, 2.24) is 15.1 Å². The number of piperazine rings is 1. The van der Waals surface area contributed by atoms with Crippen LogP contribution in [0.3, 0.4) is 0 Å². The third kappa shape index (κ3) is 4.67. The number of rotatable bonds is 5. The topological polar surface area (TPSA) is 72.9 Å². The summed E-state index contributed by atoms with van der Waals surface area (Å²) in [6.07, 6.45) is 1.01. The third-order valence-corrected chi connectivity index (χ3v) is 4.18. The van der Waals surface area contributed by atoms with Crippen LogP contribution in [0.5, 0.6) is 0 Å². The van der Waals surface area contributed by atoms with Gasteiger partial charge in [0.25, 0.3) is 0 Å². The van der Waals surface area contributed by atoms with Crippen molar-refractivity contribution in [1.29, 1.82) is 0 Å². The van der Waals surface area contributed by atoms with Crippen molar-refractivity contribution in [2.45, 2.75) is 40.2 Å². The lowest BCUT2D eigenvalue weighted by Crippen LogP contribution is -2.55. The molecule has 0 aromatic rings. The van der Waals surface area contributed by atoms with E-state index in [4.69, 9.17) is 5.11 Å². The molecule has 1 aliphatic heterocycles. The molecule has 6 nitrogen and oxygen atoms in total. The number of carboxylic acids is 1. The maximum absolute atomic E-state index is 12.1. The van der Waals surface area contributed by atoms with Crippen LogP contribution in [0.1, 0.15) is 34.1 Å². The Kier molecular flexibility index (Phi) is 5.80. The highest BCUT2D eigenvalue weighted by molar-refractivity contribution is 5.75. The fourth-order valence-electron chi connectivity index (χ4n) is 2.02. The quantitative estimate of drug-likeness (QED) is 0.796. The Morgan fingerprint density at radius 1 is 1.25 bits per heavy atom. The number of amides is 2. The fourth-order valence-corrected chi connectivity index (χ4v) is 2.02. The Morgan fingerprint density at radius 2 is 1.80 bits per heavy atom. The van der Waals surface area contributed by atoms with E-state index in [-0.39, 0.29) is 11.4 Å². The Morgan fingerprint density at radius 3 is 2.25 bits per heavy atom. The van der Waals surface area contributed by atoms with Gasteiger partial charge in [0.05, 0.1) is 0 Å². The number of hydrogen-bond donors (Lipinski definition) is 2. The maximum Gasteiger partial charge on any atom is 0.320 e. The smallest absolute Gasteiger partial charge is 0.320 e. The zero-order chi connectivity index (χ0) is 15.3. The van der Waals surface area contributed by atoms with Gasteiger partial charge in [0.1, 0.15) is 6.04 Å². The SMILES string of the molecule is CCC(C)(C)CNC(=O)N1CCN(C(C)C(=O)O)CC1. The molecule has 0 spiro atoms. The van der Waals surface area contributed by atoms with E-state index in [1.807, 2.05) is 4.90 Å². The molecule has 0 saturated carbocycles. The summed E-state index contributed by atoms with van der Waals surface area (Å²) < 4.78 is 0. The molecule has 0 aromatic heterocycles. The van der Waals surface area contributed by atoms with Crippen molar-refractivity contribution in [2.24, 2.45) is 5.41 Å². The highest BCUT2D eigenvalue weighted by Gasteiger charge is 2.27. The van der Waals surface area contributed by atoms with Crippen molar-refractivity contribution in [3.63, 3.8) is 0 Å². The van der Waals surface area contributed by atoms with E-state index in [2.05, 4.69) is 26.1 Å². The van der Waals surface area contributed by atoms with Crippen molar-refractivity contribution in [2.75, 3.05) is 32.7 Å². The molecule has 2 amide bonds. The van der Waals surface area contributed by atoms with Gasteiger partial charge >= 0.3 is 12.0 Å². The molecule has 1 rings (SSSR count). The van der Waals surface area contributed by atoms with Gasteiger partial charge < -0.3 is 15.3 Å². The van der Waals surface area contributed by atoms with Gasteiger partial charge in [-0.3, -0.25) is 9.69 Å². The van der Waals surface area contributed by atoms with E-state index in [0.717, 1.165) is 6.42 Å². The molecular formula is C14H27N3O3. The minimum atomic E-state index is -0.812. The van der Waals surface area contributed by atoms with Crippen molar-refractivity contribution in [3.05, 3.63) is 0 Å². The second kappa shape index (κ2) is 6.92. The molecular weight excluding hydrogens is 258 g/mol. The number of carboxylic acid groups (broad SMARTS) is 1. The highest BCUT2D eigenvalue weighted by Crippen LogP contribution is 2.17. The van der Waals surface area contributed by atoms with Crippen LogP contribution in [0, 0.1) is 5.41 Å². The first-order chi connectivity index (χ1) is 9.26. The minimum Gasteiger partial charge on any atom is -0.480 e. The Balaban J connectivity index is 2.38. The molecule has 0 aromatic carbocycles. The first kappa shape index (κ1) is 16.8. The molecule has 0 aliphatic carbocycles. The summed E-state index contributed by atoms with van der Waals surface area (Å²) >= 11 is 0. The molecule has 1 unspecified atom stereocenters. The van der Waals surface area contributed by atoms with Gasteiger partial charge in [-0.05, 0) is 18.8 Å². The van der Waals surface area contributed by atoms with Crippen molar-refractivity contribution >= 4 is 12.0 Å². The van der Waals surface area contributed by atoms with Gasteiger partial charge in [-0.2, -0.15) is 0 Å². The van der Waals surface area contributed by atoms with E-state index in [1.165, 1.54) is 0 Å². The molecule has 1 saturated heterocycles. The number of urea groups is 1. The molecule has 20 heavy (non-hydrogen) atoms. The van der Waals surface area contributed by atoms with Crippen molar-refractivity contribution < 1.29 is 14.7 Å². The molecule has 1 atom stereocenters. The van der Waals surface area contributed by atoms with Crippen LogP contribution in [0.25, 0.3) is 0 Å². The van der Waals surface area contributed by atoms with E-state index < -0.39 is 12.0 Å². The predicted octanol–water partition coefficient (Wildman–Crippen LogP) is 1.22. The van der Waals surface area contributed by atoms with Gasteiger partial charge in [-0.25, -0.2) is 4.79 Å². The minimum absolute atomic E-state index is 0.0471. The normalized spacial score (nSPS) is 18.7. The van der Waals surface area contributed by atoms with E-state index in [1.54, 1.807) is 11.8 Å². The average Bonchev–Trinajstić information content (AvgIpc) is 2.44. The van der Waals surface area contributed by atoms with Crippen LogP contribution in [-0.4, -0.2) is 65.7 Å². The molecule has 1 aliphatic rings. The van der Waals surface area contributed by atoms with Gasteiger partial charge in [0.15, 0.2) is 0 Å². The number of aliphatic carboxylic acids is 1. The highest BCUT2D eigenvalue weighted by atomic mass is 16.4. The molecule has 6 heteroatoms. The lowest BCUT2D eigenvalue weighted by atomic mass is 9.90. The first-order valence-electron chi connectivity index (χ1n) is 7.26. The zero-order valence-corrected chi connectivity index (χ0v) is 13.0. The van der Waals surface area contributed by atoms with Crippen LogP contribution in [0.2, 0.25) is 0 Å². The summed E-state index contributed by atoms with van der Waals surface area (Å²) in [6, 6.07) is -0.534. The van der Waals surface area contributed by atoms with Crippen molar-refractivity contribution in [3.8, 4) is 0 Å². The Hall–Kier alpha value is -1.30. The van der Waals surface area contributed by atoms with E-state index in [9.17, 15) is 9.59 Å². The summed E-state index contributed by atoms with van der Waals surface area (Å²) in [6.45, 7) is 11.1. The molecule has 0 bridgehead atoms. The van der Waals surface area contributed by atoms with Gasteiger partial charge in [0.2, 0.25) is 0 Å². The number of carbonyl (C=O) groups excluding carboxylic acids is 1. The van der Waals surface area contributed by atoms with Crippen LogP contribution in [0.15, 0.2) is 0 Å². The third-order valence-electron chi connectivity index (χ3n) is 4.18. The summed E-state index contributed by atoms with van der Waals surface area (Å²) in [7, 11) is 0. The lowest BCUT2D eigenvalue weighted by molar-refractivity contribution is -0.143. The van der Waals surface area contributed by atoms with Crippen LogP contribution in [-0.2, 0) is 4.79 Å². The molecule has 2 N–H and O–H groups in total. The predicted molar refractivity (Wildman–Crippen MR) is 77.7 cm³/mol. The Bertz CT molecular complexity index is 350. The van der Waals surface area contributed by atoms with Crippen LogP contribution < -0.4 is 5.32 Å². The average molecular weight is 285 g/mol. The molecule has 0 radical (unpaired) electrons. The summed E-state index contributed by atoms with van der Waals surface area (Å²) in [4.78, 5) is 26.6. The first-order valence-corrected chi connectivity index (χ1v) is 7.26. The van der Waals surface area contributed by atoms with E-state index >= 15 is 0 Å². The molecule has 116 valence electrons. The standard InChI is InChI=1S/C14H27N3O3/c1-5-14(3,4)10-15-13(20)17-8-6-16(7-9-17)11(2)12(18)19/h11H,5-10H2,1-4H3,(H,15,20)(H,18,19). The number of nitrogens with one attached hydrogen (secondary N) is 1. The fraction of sp³-hybridized carbons (Fsp3) is 0.857. The summed E-state index contributed by atoms with van der Waals surface area (Å²) in [5.41, 5.74) is 0.106. The zero-order valence-electron chi connectivity index (χ0n) is 13.0. The lowest BCUT2D eigenvalue weighted by Gasteiger charge is -2.37.